The van der Waals surface area contributed by atoms with E-state index >= 15 is 0 Å². The Balaban J connectivity index is 1.66. The fraction of sp³-hybridized carbons (Fsp3) is 0.136. The molecule has 3 N–H and O–H groups in total. The van der Waals surface area contributed by atoms with Crippen molar-refractivity contribution in [2.24, 2.45) is 0 Å². The van der Waals surface area contributed by atoms with Crippen LogP contribution in [0.3, 0.4) is 0 Å². The Morgan fingerprint density at radius 1 is 1.07 bits per heavy atom. The first kappa shape index (κ1) is 18.6. The molecule has 2 aromatic heterocycles. The molecule has 7 heteroatoms. The number of aromatic nitrogens is 3. The van der Waals surface area contributed by atoms with Crippen LogP contribution in [-0.2, 0) is 6.54 Å². The van der Waals surface area contributed by atoms with Gasteiger partial charge in [-0.2, -0.15) is 5.10 Å². The Bertz CT molecular complexity index is 1170. The summed E-state index contributed by atoms with van der Waals surface area (Å²) < 4.78 is 0. The third kappa shape index (κ3) is 4.09. The number of phenols is 1. The molecule has 4 aromatic rings. The number of anilines is 1. The SMILES string of the molecule is CN(C)Cc1cncc(-c2ccc3[nH]nc(C(=O)Nc4ccc(O)cc4)c3c2)c1. The van der Waals surface area contributed by atoms with E-state index in [4.69, 9.17) is 0 Å². The zero-order valence-electron chi connectivity index (χ0n) is 16.2. The second-order valence-electron chi connectivity index (χ2n) is 7.15. The smallest absolute Gasteiger partial charge is 0.276 e. The molecule has 0 unspecified atom stereocenters. The zero-order chi connectivity index (χ0) is 20.4. The van der Waals surface area contributed by atoms with Crippen LogP contribution in [0, 0.1) is 0 Å². The third-order valence-electron chi connectivity index (χ3n) is 4.53. The highest BCUT2D eigenvalue weighted by Gasteiger charge is 2.15. The largest absolute Gasteiger partial charge is 0.508 e. The molecule has 0 saturated carbocycles. The molecule has 29 heavy (non-hydrogen) atoms. The van der Waals surface area contributed by atoms with Crippen molar-refractivity contribution < 1.29 is 9.90 Å². The molecule has 2 aromatic carbocycles. The van der Waals surface area contributed by atoms with Gasteiger partial charge in [0.15, 0.2) is 5.69 Å². The number of benzene rings is 2. The lowest BCUT2D eigenvalue weighted by Gasteiger charge is -2.10. The molecule has 2 heterocycles. The Labute approximate surface area is 168 Å². The van der Waals surface area contributed by atoms with E-state index < -0.39 is 0 Å². The summed E-state index contributed by atoms with van der Waals surface area (Å²) in [5, 5.41) is 20.0. The molecule has 0 fully saturated rings. The lowest BCUT2D eigenvalue weighted by molar-refractivity contribution is 0.102. The van der Waals surface area contributed by atoms with Gasteiger partial charge in [0.05, 0.1) is 5.52 Å². The number of phenolic OH excluding ortho intramolecular Hbond substituents is 1. The average molecular weight is 387 g/mol. The Morgan fingerprint density at radius 3 is 2.62 bits per heavy atom. The molecule has 0 aliphatic rings. The number of hydrogen-bond acceptors (Lipinski definition) is 5. The van der Waals surface area contributed by atoms with E-state index in [-0.39, 0.29) is 11.7 Å². The fourth-order valence-electron chi connectivity index (χ4n) is 3.20. The average Bonchev–Trinajstić information content (AvgIpc) is 3.13. The molecule has 7 nitrogen and oxygen atoms in total. The Morgan fingerprint density at radius 2 is 1.86 bits per heavy atom. The standard InChI is InChI=1S/C22H21N5O2/c1-27(2)13-14-9-16(12-23-11-14)15-3-8-20-19(10-15)21(26-25-20)22(29)24-17-4-6-18(28)7-5-17/h3-12,28H,13H2,1-2H3,(H,24,29)(H,25,26). The van der Waals surface area contributed by atoms with Crippen LogP contribution in [0.1, 0.15) is 16.1 Å². The fourth-order valence-corrected chi connectivity index (χ4v) is 3.20. The second-order valence-corrected chi connectivity index (χ2v) is 7.15. The molecule has 0 atom stereocenters. The predicted octanol–water partition coefficient (Wildman–Crippen LogP) is 3.64. The Kier molecular flexibility index (Phi) is 4.97. The highest BCUT2D eigenvalue weighted by molar-refractivity contribution is 6.11. The topological polar surface area (TPSA) is 94.1 Å². The monoisotopic (exact) mass is 387 g/mol. The van der Waals surface area contributed by atoms with E-state index in [1.54, 1.807) is 12.1 Å². The summed E-state index contributed by atoms with van der Waals surface area (Å²) in [7, 11) is 4.03. The first-order chi connectivity index (χ1) is 14.0. The number of rotatable bonds is 5. The van der Waals surface area contributed by atoms with Crippen LogP contribution in [0.2, 0.25) is 0 Å². The maximum absolute atomic E-state index is 12.7. The van der Waals surface area contributed by atoms with Gasteiger partial charge < -0.3 is 15.3 Å². The summed E-state index contributed by atoms with van der Waals surface area (Å²) in [6.07, 6.45) is 3.67. The quantitative estimate of drug-likeness (QED) is 0.455. The van der Waals surface area contributed by atoms with Gasteiger partial charge in [-0.15, -0.1) is 0 Å². The Hall–Kier alpha value is -3.71. The van der Waals surface area contributed by atoms with E-state index in [9.17, 15) is 9.90 Å². The first-order valence-electron chi connectivity index (χ1n) is 9.17. The number of carbonyl (C=O) groups excluding carboxylic acids is 1. The second kappa shape index (κ2) is 7.73. The minimum atomic E-state index is -0.321. The van der Waals surface area contributed by atoms with E-state index in [0.717, 1.165) is 34.1 Å². The van der Waals surface area contributed by atoms with Crippen LogP contribution in [0.25, 0.3) is 22.0 Å². The van der Waals surface area contributed by atoms with Crippen molar-refractivity contribution in [1.82, 2.24) is 20.1 Å². The van der Waals surface area contributed by atoms with Crippen LogP contribution >= 0.6 is 0 Å². The summed E-state index contributed by atoms with van der Waals surface area (Å²) in [5.41, 5.74) is 4.74. The number of pyridine rings is 1. The molecule has 1 amide bonds. The molecule has 0 aliphatic carbocycles. The predicted molar refractivity (Wildman–Crippen MR) is 113 cm³/mol. The van der Waals surface area contributed by atoms with E-state index in [1.165, 1.54) is 12.1 Å². The molecule has 0 bridgehead atoms. The summed E-state index contributed by atoms with van der Waals surface area (Å²) in [6.45, 7) is 0.801. The van der Waals surface area contributed by atoms with Gasteiger partial charge in [0.25, 0.3) is 5.91 Å². The minimum Gasteiger partial charge on any atom is -0.508 e. The molecule has 0 radical (unpaired) electrons. The van der Waals surface area contributed by atoms with Crippen LogP contribution < -0.4 is 5.32 Å². The van der Waals surface area contributed by atoms with Gasteiger partial charge in [0, 0.05) is 35.6 Å². The van der Waals surface area contributed by atoms with Gasteiger partial charge in [-0.3, -0.25) is 14.9 Å². The van der Waals surface area contributed by atoms with E-state index in [0.29, 0.717) is 11.4 Å². The van der Waals surface area contributed by atoms with Crippen LogP contribution in [0.4, 0.5) is 5.69 Å². The number of fused-ring (bicyclic) bond motifs is 1. The van der Waals surface area contributed by atoms with Crippen LogP contribution in [-0.4, -0.2) is 45.2 Å². The van der Waals surface area contributed by atoms with Crippen molar-refractivity contribution >= 4 is 22.5 Å². The number of hydrogen-bond donors (Lipinski definition) is 3. The number of nitrogens with zero attached hydrogens (tertiary/aromatic N) is 3. The van der Waals surface area contributed by atoms with Gasteiger partial charge in [-0.05, 0) is 67.7 Å². The molecule has 0 aliphatic heterocycles. The van der Waals surface area contributed by atoms with E-state index in [1.807, 2.05) is 44.7 Å². The molecule has 0 spiro atoms. The molecule has 0 saturated heterocycles. The van der Waals surface area contributed by atoms with Crippen molar-refractivity contribution in [1.29, 1.82) is 0 Å². The lowest BCUT2D eigenvalue weighted by Crippen LogP contribution is -2.12. The highest BCUT2D eigenvalue weighted by Crippen LogP contribution is 2.26. The maximum atomic E-state index is 12.7. The molecule has 4 rings (SSSR count). The zero-order valence-corrected chi connectivity index (χ0v) is 16.2. The molecular weight excluding hydrogens is 366 g/mol. The number of aromatic amines is 1. The minimum absolute atomic E-state index is 0.142. The third-order valence-corrected chi connectivity index (χ3v) is 4.53. The van der Waals surface area contributed by atoms with Gasteiger partial charge in [0.2, 0.25) is 0 Å². The van der Waals surface area contributed by atoms with Crippen molar-refractivity contribution in [3.63, 3.8) is 0 Å². The van der Waals surface area contributed by atoms with Gasteiger partial charge in [-0.25, -0.2) is 0 Å². The molecule has 146 valence electrons. The maximum Gasteiger partial charge on any atom is 0.276 e. The van der Waals surface area contributed by atoms with Gasteiger partial charge >= 0.3 is 0 Å². The number of carbonyl (C=O) groups is 1. The normalized spacial score (nSPS) is 11.1. The van der Waals surface area contributed by atoms with Gasteiger partial charge in [0.1, 0.15) is 5.75 Å². The summed E-state index contributed by atoms with van der Waals surface area (Å²) in [5.74, 6) is -0.179. The summed E-state index contributed by atoms with van der Waals surface area (Å²) in [6, 6.07) is 14.2. The van der Waals surface area contributed by atoms with Crippen molar-refractivity contribution in [2.75, 3.05) is 19.4 Å². The lowest BCUT2D eigenvalue weighted by atomic mass is 10.0. The van der Waals surface area contributed by atoms with Crippen LogP contribution in [0.15, 0.2) is 60.9 Å². The van der Waals surface area contributed by atoms with Gasteiger partial charge in [-0.1, -0.05) is 6.07 Å². The van der Waals surface area contributed by atoms with Crippen molar-refractivity contribution in [3.8, 4) is 16.9 Å². The number of aromatic hydroxyl groups is 1. The van der Waals surface area contributed by atoms with E-state index in [2.05, 4.69) is 31.5 Å². The van der Waals surface area contributed by atoms with Crippen molar-refractivity contribution in [3.05, 3.63) is 72.2 Å². The summed E-state index contributed by atoms with van der Waals surface area (Å²) in [4.78, 5) is 19.2. The first-order valence-corrected chi connectivity index (χ1v) is 9.17. The number of amides is 1. The van der Waals surface area contributed by atoms with Crippen molar-refractivity contribution in [2.45, 2.75) is 6.54 Å². The van der Waals surface area contributed by atoms with Crippen LogP contribution in [0.5, 0.6) is 5.75 Å². The highest BCUT2D eigenvalue weighted by atomic mass is 16.3. The number of H-pyrrole nitrogens is 1. The molecular formula is C22H21N5O2. The summed E-state index contributed by atoms with van der Waals surface area (Å²) >= 11 is 0. The number of nitrogens with one attached hydrogen (secondary N) is 2.